The SMILES string of the molecule is CC[C@H](C)N(Cc1ccccc1)C(=O)Cn1ncc2ccccc2c1=O. The number of hydrogen-bond acceptors (Lipinski definition) is 3. The van der Waals surface area contributed by atoms with Crippen LogP contribution >= 0.6 is 0 Å². The molecule has 26 heavy (non-hydrogen) atoms. The van der Waals surface area contributed by atoms with Crippen molar-refractivity contribution in [1.82, 2.24) is 14.7 Å². The number of rotatable bonds is 6. The van der Waals surface area contributed by atoms with Gasteiger partial charge in [-0.2, -0.15) is 5.10 Å². The standard InChI is InChI=1S/C21H23N3O2/c1-3-16(2)23(14-17-9-5-4-6-10-17)20(25)15-24-21(26)19-12-8-7-11-18(19)13-22-24/h4-13,16H,3,14-15H2,1-2H3/t16-/m0/s1. The molecule has 0 unspecified atom stereocenters. The average Bonchev–Trinajstić information content (AvgIpc) is 2.68. The molecule has 0 saturated heterocycles. The molecule has 5 nitrogen and oxygen atoms in total. The Morgan fingerprint density at radius 1 is 1.12 bits per heavy atom. The van der Waals surface area contributed by atoms with Crippen molar-refractivity contribution in [1.29, 1.82) is 0 Å². The molecule has 1 amide bonds. The largest absolute Gasteiger partial charge is 0.334 e. The Morgan fingerprint density at radius 3 is 2.54 bits per heavy atom. The van der Waals surface area contributed by atoms with Gasteiger partial charge >= 0.3 is 0 Å². The van der Waals surface area contributed by atoms with Gasteiger partial charge in [-0.3, -0.25) is 9.59 Å². The third kappa shape index (κ3) is 3.82. The van der Waals surface area contributed by atoms with E-state index in [2.05, 4.69) is 12.0 Å². The second-order valence-electron chi connectivity index (χ2n) is 6.46. The minimum absolute atomic E-state index is 0.0547. The molecule has 0 spiro atoms. The number of carbonyl (C=O) groups is 1. The van der Waals surface area contributed by atoms with Crippen LogP contribution in [0.3, 0.4) is 0 Å². The lowest BCUT2D eigenvalue weighted by atomic mass is 10.1. The van der Waals surface area contributed by atoms with Gasteiger partial charge in [0.2, 0.25) is 5.91 Å². The van der Waals surface area contributed by atoms with Crippen LogP contribution in [0, 0.1) is 0 Å². The van der Waals surface area contributed by atoms with Crippen molar-refractivity contribution in [3.05, 3.63) is 76.7 Å². The summed E-state index contributed by atoms with van der Waals surface area (Å²) in [4.78, 5) is 27.4. The molecular formula is C21H23N3O2. The number of hydrogen-bond donors (Lipinski definition) is 0. The number of fused-ring (bicyclic) bond motifs is 1. The van der Waals surface area contributed by atoms with Crippen LogP contribution in [0.4, 0.5) is 0 Å². The molecule has 1 aromatic heterocycles. The van der Waals surface area contributed by atoms with Crippen molar-refractivity contribution in [2.24, 2.45) is 0 Å². The van der Waals surface area contributed by atoms with Gasteiger partial charge < -0.3 is 4.90 Å². The first-order valence-corrected chi connectivity index (χ1v) is 8.88. The van der Waals surface area contributed by atoms with Gasteiger partial charge in [0.1, 0.15) is 6.54 Å². The Kier molecular flexibility index (Phi) is 5.46. The summed E-state index contributed by atoms with van der Waals surface area (Å²) < 4.78 is 1.25. The van der Waals surface area contributed by atoms with Gasteiger partial charge in [-0.25, -0.2) is 4.68 Å². The molecule has 1 heterocycles. The van der Waals surface area contributed by atoms with E-state index in [4.69, 9.17) is 0 Å². The van der Waals surface area contributed by atoms with Gasteiger partial charge in [0.15, 0.2) is 0 Å². The summed E-state index contributed by atoms with van der Waals surface area (Å²) in [5.74, 6) is -0.104. The first kappa shape index (κ1) is 17.9. The summed E-state index contributed by atoms with van der Waals surface area (Å²) in [5.41, 5.74) is 0.834. The van der Waals surface area contributed by atoms with Gasteiger partial charge in [-0.1, -0.05) is 55.5 Å². The predicted octanol–water partition coefficient (Wildman–Crippen LogP) is 3.22. The molecule has 2 aromatic carbocycles. The molecule has 134 valence electrons. The highest BCUT2D eigenvalue weighted by atomic mass is 16.2. The van der Waals surface area contributed by atoms with E-state index in [1.165, 1.54) is 4.68 Å². The van der Waals surface area contributed by atoms with Crippen LogP contribution in [0.15, 0.2) is 65.6 Å². The van der Waals surface area contributed by atoms with E-state index in [-0.39, 0.29) is 24.1 Å². The molecule has 5 heteroatoms. The summed E-state index contributed by atoms with van der Waals surface area (Å²) in [5, 5.41) is 5.54. The maximum Gasteiger partial charge on any atom is 0.275 e. The third-order valence-electron chi connectivity index (χ3n) is 4.69. The van der Waals surface area contributed by atoms with E-state index >= 15 is 0 Å². The highest BCUT2D eigenvalue weighted by Gasteiger charge is 2.20. The quantitative estimate of drug-likeness (QED) is 0.686. The molecule has 1 atom stereocenters. The molecule has 0 aliphatic rings. The summed E-state index contributed by atoms with van der Waals surface area (Å²) in [6.07, 6.45) is 2.48. The molecule has 3 rings (SSSR count). The topological polar surface area (TPSA) is 55.2 Å². The minimum Gasteiger partial charge on any atom is -0.334 e. The maximum absolute atomic E-state index is 12.9. The van der Waals surface area contributed by atoms with Crippen LogP contribution in [-0.2, 0) is 17.9 Å². The Morgan fingerprint density at radius 2 is 1.81 bits per heavy atom. The summed E-state index contributed by atoms with van der Waals surface area (Å²) in [6.45, 7) is 4.55. The van der Waals surface area contributed by atoms with Crippen LogP contribution in [0.2, 0.25) is 0 Å². The van der Waals surface area contributed by atoms with Crippen LogP contribution in [0.5, 0.6) is 0 Å². The first-order valence-electron chi connectivity index (χ1n) is 8.88. The number of carbonyl (C=O) groups excluding carboxylic acids is 1. The predicted molar refractivity (Wildman–Crippen MR) is 103 cm³/mol. The van der Waals surface area contributed by atoms with E-state index in [1.807, 2.05) is 60.4 Å². The van der Waals surface area contributed by atoms with Crippen LogP contribution < -0.4 is 5.56 Å². The van der Waals surface area contributed by atoms with Crippen molar-refractivity contribution in [3.63, 3.8) is 0 Å². The summed E-state index contributed by atoms with van der Waals surface area (Å²) in [7, 11) is 0. The maximum atomic E-state index is 12.9. The van der Waals surface area contributed by atoms with Gasteiger partial charge in [0.05, 0.1) is 11.6 Å². The van der Waals surface area contributed by atoms with E-state index in [0.717, 1.165) is 17.4 Å². The number of benzene rings is 2. The van der Waals surface area contributed by atoms with E-state index in [1.54, 1.807) is 12.3 Å². The number of aromatic nitrogens is 2. The zero-order chi connectivity index (χ0) is 18.5. The average molecular weight is 349 g/mol. The number of amides is 1. The minimum atomic E-state index is -0.236. The van der Waals surface area contributed by atoms with Crippen LogP contribution in [0.25, 0.3) is 10.8 Å². The Bertz CT molecular complexity index is 950. The third-order valence-corrected chi connectivity index (χ3v) is 4.69. The zero-order valence-electron chi connectivity index (χ0n) is 15.1. The lowest BCUT2D eigenvalue weighted by molar-refractivity contribution is -0.134. The number of nitrogens with zero attached hydrogens (tertiary/aromatic N) is 3. The fraction of sp³-hybridized carbons (Fsp3) is 0.286. The van der Waals surface area contributed by atoms with Crippen molar-refractivity contribution in [2.45, 2.75) is 39.4 Å². The summed E-state index contributed by atoms with van der Waals surface area (Å²) >= 11 is 0. The Balaban J connectivity index is 1.86. The molecule has 0 N–H and O–H groups in total. The van der Waals surface area contributed by atoms with E-state index < -0.39 is 0 Å². The van der Waals surface area contributed by atoms with Gasteiger partial charge in [0, 0.05) is 18.0 Å². The van der Waals surface area contributed by atoms with Crippen LogP contribution in [0.1, 0.15) is 25.8 Å². The van der Waals surface area contributed by atoms with Crippen molar-refractivity contribution < 1.29 is 4.79 Å². The van der Waals surface area contributed by atoms with Crippen molar-refractivity contribution in [3.8, 4) is 0 Å². The van der Waals surface area contributed by atoms with Gasteiger partial charge in [0.25, 0.3) is 5.56 Å². The van der Waals surface area contributed by atoms with Gasteiger partial charge in [-0.05, 0) is 25.0 Å². The molecule has 0 aliphatic heterocycles. The van der Waals surface area contributed by atoms with Crippen LogP contribution in [-0.4, -0.2) is 26.6 Å². The molecule has 0 aliphatic carbocycles. The smallest absolute Gasteiger partial charge is 0.275 e. The molecule has 0 fully saturated rings. The van der Waals surface area contributed by atoms with E-state index in [9.17, 15) is 9.59 Å². The molecule has 3 aromatic rings. The molecular weight excluding hydrogens is 326 g/mol. The highest BCUT2D eigenvalue weighted by molar-refractivity contribution is 5.81. The second-order valence-corrected chi connectivity index (χ2v) is 6.46. The lowest BCUT2D eigenvalue weighted by Gasteiger charge is -2.29. The monoisotopic (exact) mass is 349 g/mol. The normalized spacial score (nSPS) is 12.1. The first-order chi connectivity index (χ1) is 12.6. The molecule has 0 bridgehead atoms. The fourth-order valence-corrected chi connectivity index (χ4v) is 2.95. The van der Waals surface area contributed by atoms with Crippen molar-refractivity contribution >= 4 is 16.7 Å². The highest BCUT2D eigenvalue weighted by Crippen LogP contribution is 2.12. The lowest BCUT2D eigenvalue weighted by Crippen LogP contribution is -2.41. The molecule has 0 radical (unpaired) electrons. The summed E-state index contributed by atoms with van der Waals surface area (Å²) in [6, 6.07) is 17.3. The Labute approximate surface area is 152 Å². The van der Waals surface area contributed by atoms with E-state index in [0.29, 0.717) is 11.9 Å². The molecule has 0 saturated carbocycles. The Hall–Kier alpha value is -2.95. The second kappa shape index (κ2) is 7.95. The van der Waals surface area contributed by atoms with Gasteiger partial charge in [-0.15, -0.1) is 0 Å². The fourth-order valence-electron chi connectivity index (χ4n) is 2.95. The van der Waals surface area contributed by atoms with Crippen molar-refractivity contribution in [2.75, 3.05) is 0 Å². The zero-order valence-corrected chi connectivity index (χ0v) is 15.1.